The largest absolute Gasteiger partial charge is 0.425 e. The quantitative estimate of drug-likeness (QED) is 0.806. The summed E-state index contributed by atoms with van der Waals surface area (Å²) in [4.78, 5) is 16.5. The van der Waals surface area contributed by atoms with Gasteiger partial charge in [0.05, 0.1) is 12.3 Å². The Kier molecular flexibility index (Phi) is 3.37. The molecule has 1 unspecified atom stereocenters. The van der Waals surface area contributed by atoms with E-state index in [0.717, 1.165) is 24.0 Å². The summed E-state index contributed by atoms with van der Waals surface area (Å²) in [5.74, 6) is 1.52. The first-order valence-corrected chi connectivity index (χ1v) is 7.83. The van der Waals surface area contributed by atoms with Crippen molar-refractivity contribution in [1.29, 1.82) is 0 Å². The molecule has 1 aromatic carbocycles. The molecule has 3 heterocycles. The van der Waals surface area contributed by atoms with Crippen LogP contribution >= 0.6 is 0 Å². The lowest BCUT2D eigenvalue weighted by molar-refractivity contribution is -0.127. The molecule has 6 nitrogen and oxygen atoms in total. The Balaban J connectivity index is 1.51. The van der Waals surface area contributed by atoms with E-state index in [1.807, 2.05) is 29.3 Å². The first-order chi connectivity index (χ1) is 11.2. The van der Waals surface area contributed by atoms with Gasteiger partial charge >= 0.3 is 0 Å². The van der Waals surface area contributed by atoms with Gasteiger partial charge in [-0.05, 0) is 18.1 Å². The zero-order valence-corrected chi connectivity index (χ0v) is 13.0. The van der Waals surface area contributed by atoms with Gasteiger partial charge < -0.3 is 14.3 Å². The molecule has 0 saturated carbocycles. The summed E-state index contributed by atoms with van der Waals surface area (Å²) in [5, 5.41) is 9.54. The minimum Gasteiger partial charge on any atom is -0.425 e. The van der Waals surface area contributed by atoms with E-state index in [1.54, 1.807) is 6.92 Å². The number of hydrogen-bond acceptors (Lipinski definition) is 4. The van der Waals surface area contributed by atoms with Crippen LogP contribution in [0.3, 0.4) is 0 Å². The van der Waals surface area contributed by atoms with Gasteiger partial charge in [0.25, 0.3) is 0 Å². The lowest BCUT2D eigenvalue weighted by Gasteiger charge is -2.11. The molecule has 0 bridgehead atoms. The number of carbonyl (C=O) groups is 1. The Morgan fingerprint density at radius 2 is 2.26 bits per heavy atom. The lowest BCUT2D eigenvalue weighted by Crippen LogP contribution is -2.25. The second kappa shape index (κ2) is 5.53. The summed E-state index contributed by atoms with van der Waals surface area (Å²) in [6, 6.07) is 8.16. The van der Waals surface area contributed by atoms with Crippen LogP contribution in [-0.4, -0.2) is 39.1 Å². The molecule has 1 atom stereocenters. The third-order valence-electron chi connectivity index (χ3n) is 4.48. The minimum atomic E-state index is 0.103. The standard InChI is InChI=1S/C17H18N4O2/c1-11(22)21-7-6-12(10-21)17-20-19-16(23-17)8-13-9-18-15-5-3-2-4-14(13)15/h2-5,9,12,18H,6-8,10H2,1H3. The van der Waals surface area contributed by atoms with E-state index >= 15 is 0 Å². The Morgan fingerprint density at radius 3 is 3.09 bits per heavy atom. The highest BCUT2D eigenvalue weighted by Crippen LogP contribution is 2.27. The van der Waals surface area contributed by atoms with Crippen molar-refractivity contribution < 1.29 is 9.21 Å². The smallest absolute Gasteiger partial charge is 0.221 e. The van der Waals surface area contributed by atoms with Crippen LogP contribution in [0.25, 0.3) is 10.9 Å². The fourth-order valence-corrected chi connectivity index (χ4v) is 3.19. The van der Waals surface area contributed by atoms with Crippen molar-refractivity contribution in [3.05, 3.63) is 47.8 Å². The second-order valence-electron chi connectivity index (χ2n) is 6.02. The summed E-state index contributed by atoms with van der Waals surface area (Å²) in [6.45, 7) is 3.03. The molecule has 1 saturated heterocycles. The van der Waals surface area contributed by atoms with E-state index in [2.05, 4.69) is 21.2 Å². The molecule has 1 aliphatic rings. The highest BCUT2D eigenvalue weighted by atomic mass is 16.4. The molecule has 1 amide bonds. The number of aromatic nitrogens is 3. The van der Waals surface area contributed by atoms with E-state index in [4.69, 9.17) is 4.42 Å². The van der Waals surface area contributed by atoms with Crippen LogP contribution in [0.15, 0.2) is 34.9 Å². The van der Waals surface area contributed by atoms with Gasteiger partial charge in [-0.2, -0.15) is 0 Å². The average Bonchev–Trinajstić information content (AvgIpc) is 3.26. The number of rotatable bonds is 3. The molecule has 1 fully saturated rings. The van der Waals surface area contributed by atoms with Gasteiger partial charge in [0.1, 0.15) is 0 Å². The number of nitrogens with one attached hydrogen (secondary N) is 1. The molecule has 1 aliphatic heterocycles. The third kappa shape index (κ3) is 2.60. The van der Waals surface area contributed by atoms with Gasteiger partial charge in [-0.1, -0.05) is 18.2 Å². The zero-order valence-electron chi connectivity index (χ0n) is 13.0. The number of para-hydroxylation sites is 1. The van der Waals surface area contributed by atoms with Gasteiger partial charge in [0, 0.05) is 37.1 Å². The molecule has 118 valence electrons. The molecular weight excluding hydrogens is 292 g/mol. The Hall–Kier alpha value is -2.63. The monoisotopic (exact) mass is 310 g/mol. The van der Waals surface area contributed by atoms with Crippen molar-refractivity contribution in [2.24, 2.45) is 0 Å². The van der Waals surface area contributed by atoms with Crippen LogP contribution in [0.2, 0.25) is 0 Å². The van der Waals surface area contributed by atoms with Crippen molar-refractivity contribution in [2.75, 3.05) is 13.1 Å². The predicted molar refractivity (Wildman–Crippen MR) is 85.0 cm³/mol. The number of nitrogens with zero attached hydrogens (tertiary/aromatic N) is 3. The molecule has 23 heavy (non-hydrogen) atoms. The number of carbonyl (C=O) groups excluding carboxylic acids is 1. The van der Waals surface area contributed by atoms with E-state index in [0.29, 0.717) is 24.7 Å². The maximum atomic E-state index is 11.4. The van der Waals surface area contributed by atoms with Gasteiger partial charge in [-0.15, -0.1) is 10.2 Å². The molecule has 4 rings (SSSR count). The highest BCUT2D eigenvalue weighted by Gasteiger charge is 2.29. The van der Waals surface area contributed by atoms with Crippen LogP contribution in [0.4, 0.5) is 0 Å². The number of benzene rings is 1. The number of hydrogen-bond donors (Lipinski definition) is 1. The number of H-pyrrole nitrogens is 1. The zero-order chi connectivity index (χ0) is 15.8. The van der Waals surface area contributed by atoms with Crippen molar-refractivity contribution in [2.45, 2.75) is 25.7 Å². The maximum absolute atomic E-state index is 11.4. The van der Waals surface area contributed by atoms with Crippen LogP contribution in [0.1, 0.15) is 36.6 Å². The fraction of sp³-hybridized carbons (Fsp3) is 0.353. The summed E-state index contributed by atoms with van der Waals surface area (Å²) in [7, 11) is 0. The second-order valence-corrected chi connectivity index (χ2v) is 6.02. The van der Waals surface area contributed by atoms with E-state index in [-0.39, 0.29) is 11.8 Å². The van der Waals surface area contributed by atoms with Crippen LogP contribution in [0.5, 0.6) is 0 Å². The Bertz CT molecular complexity index is 851. The first-order valence-electron chi connectivity index (χ1n) is 7.83. The highest BCUT2D eigenvalue weighted by molar-refractivity contribution is 5.83. The molecule has 0 aliphatic carbocycles. The number of fused-ring (bicyclic) bond motifs is 1. The van der Waals surface area contributed by atoms with Gasteiger partial charge in [-0.3, -0.25) is 4.79 Å². The Morgan fingerprint density at radius 1 is 1.39 bits per heavy atom. The van der Waals surface area contributed by atoms with E-state index in [9.17, 15) is 4.79 Å². The summed E-state index contributed by atoms with van der Waals surface area (Å²) in [6.07, 6.45) is 3.48. The Labute approximate surface area is 133 Å². The SMILES string of the molecule is CC(=O)N1CCC(c2nnc(Cc3c[nH]c4ccccc34)o2)C1. The average molecular weight is 310 g/mol. The van der Waals surface area contributed by atoms with Crippen molar-refractivity contribution >= 4 is 16.8 Å². The number of amides is 1. The topological polar surface area (TPSA) is 75.0 Å². The first kappa shape index (κ1) is 14.0. The number of likely N-dealkylation sites (tertiary alicyclic amines) is 1. The van der Waals surface area contributed by atoms with Crippen molar-refractivity contribution in [1.82, 2.24) is 20.1 Å². The molecule has 6 heteroatoms. The lowest BCUT2D eigenvalue weighted by atomic mass is 10.1. The van der Waals surface area contributed by atoms with Crippen molar-refractivity contribution in [3.8, 4) is 0 Å². The predicted octanol–water partition coefficient (Wildman–Crippen LogP) is 2.48. The normalized spacial score (nSPS) is 18.0. The van der Waals surface area contributed by atoms with Crippen LogP contribution in [-0.2, 0) is 11.2 Å². The summed E-state index contributed by atoms with van der Waals surface area (Å²) in [5.41, 5.74) is 2.25. The van der Waals surface area contributed by atoms with Gasteiger partial charge in [0.2, 0.25) is 17.7 Å². The van der Waals surface area contributed by atoms with Crippen LogP contribution in [0, 0.1) is 0 Å². The molecule has 3 aromatic rings. The van der Waals surface area contributed by atoms with Crippen LogP contribution < -0.4 is 0 Å². The fourth-order valence-electron chi connectivity index (χ4n) is 3.19. The van der Waals surface area contributed by atoms with Gasteiger partial charge in [0.15, 0.2) is 0 Å². The molecule has 0 spiro atoms. The minimum absolute atomic E-state index is 0.103. The van der Waals surface area contributed by atoms with E-state index in [1.165, 1.54) is 5.39 Å². The maximum Gasteiger partial charge on any atom is 0.221 e. The van der Waals surface area contributed by atoms with E-state index < -0.39 is 0 Å². The summed E-state index contributed by atoms with van der Waals surface area (Å²) < 4.78 is 5.84. The van der Waals surface area contributed by atoms with Gasteiger partial charge in [-0.25, -0.2) is 0 Å². The third-order valence-corrected chi connectivity index (χ3v) is 4.48. The molecular formula is C17H18N4O2. The molecule has 1 N–H and O–H groups in total. The molecule has 2 aromatic heterocycles. The molecule has 0 radical (unpaired) electrons. The number of aromatic amines is 1. The summed E-state index contributed by atoms with van der Waals surface area (Å²) >= 11 is 0. The van der Waals surface area contributed by atoms with Crippen molar-refractivity contribution in [3.63, 3.8) is 0 Å².